The number of aliphatic hydroxyl groups is 1. The second-order valence-corrected chi connectivity index (χ2v) is 4.01. The molecule has 84 valence electrons. The van der Waals surface area contributed by atoms with Gasteiger partial charge >= 0.3 is 0 Å². The Morgan fingerprint density at radius 3 is 3.00 bits per heavy atom. The highest BCUT2D eigenvalue weighted by Gasteiger charge is 2.14. The van der Waals surface area contributed by atoms with Crippen LogP contribution in [-0.2, 0) is 17.9 Å². The molecule has 1 aliphatic carbocycles. The van der Waals surface area contributed by atoms with E-state index in [-0.39, 0.29) is 6.61 Å². The van der Waals surface area contributed by atoms with Gasteiger partial charge in [-0.25, -0.2) is 4.98 Å². The molecule has 1 aromatic heterocycles. The summed E-state index contributed by atoms with van der Waals surface area (Å²) < 4.78 is 7.68. The SMILES string of the molecule is OCc1cncn1CCOC1CCCC1. The van der Waals surface area contributed by atoms with Crippen LogP contribution in [0.5, 0.6) is 0 Å². The maximum absolute atomic E-state index is 9.02. The predicted octanol–water partition coefficient (Wildman–Crippen LogP) is 1.33. The summed E-state index contributed by atoms with van der Waals surface area (Å²) in [6.07, 6.45) is 8.91. The van der Waals surface area contributed by atoms with Gasteiger partial charge in [0.15, 0.2) is 0 Å². The fourth-order valence-electron chi connectivity index (χ4n) is 2.05. The molecule has 0 atom stereocenters. The molecule has 0 radical (unpaired) electrons. The van der Waals surface area contributed by atoms with Gasteiger partial charge in [-0.2, -0.15) is 0 Å². The highest BCUT2D eigenvalue weighted by Crippen LogP contribution is 2.20. The van der Waals surface area contributed by atoms with Crippen molar-refractivity contribution in [3.05, 3.63) is 18.2 Å². The van der Waals surface area contributed by atoms with Crippen LogP contribution in [-0.4, -0.2) is 27.4 Å². The van der Waals surface area contributed by atoms with Crippen LogP contribution in [0.25, 0.3) is 0 Å². The van der Waals surface area contributed by atoms with Crippen LogP contribution in [0.15, 0.2) is 12.5 Å². The maximum Gasteiger partial charge on any atom is 0.0949 e. The van der Waals surface area contributed by atoms with E-state index in [0.29, 0.717) is 12.7 Å². The number of rotatable bonds is 5. The third kappa shape index (κ3) is 2.79. The summed E-state index contributed by atoms with van der Waals surface area (Å²) in [5.41, 5.74) is 0.852. The zero-order valence-corrected chi connectivity index (χ0v) is 8.93. The highest BCUT2D eigenvalue weighted by atomic mass is 16.5. The van der Waals surface area contributed by atoms with Crippen LogP contribution in [0, 0.1) is 0 Å². The molecule has 1 aliphatic rings. The summed E-state index contributed by atoms with van der Waals surface area (Å²) in [5, 5.41) is 9.02. The molecule has 0 aromatic carbocycles. The van der Waals surface area contributed by atoms with Crippen molar-refractivity contribution in [3.63, 3.8) is 0 Å². The highest BCUT2D eigenvalue weighted by molar-refractivity contribution is 4.95. The Balaban J connectivity index is 1.73. The van der Waals surface area contributed by atoms with Gasteiger partial charge in [0, 0.05) is 6.54 Å². The first-order chi connectivity index (χ1) is 7.40. The van der Waals surface area contributed by atoms with E-state index in [1.54, 1.807) is 12.5 Å². The molecule has 1 aromatic rings. The third-order valence-electron chi connectivity index (χ3n) is 2.95. The van der Waals surface area contributed by atoms with E-state index in [1.807, 2.05) is 4.57 Å². The second-order valence-electron chi connectivity index (χ2n) is 4.01. The molecular formula is C11H18N2O2. The monoisotopic (exact) mass is 210 g/mol. The van der Waals surface area contributed by atoms with Crippen molar-refractivity contribution in [1.29, 1.82) is 0 Å². The summed E-state index contributed by atoms with van der Waals surface area (Å²) in [4.78, 5) is 3.99. The largest absolute Gasteiger partial charge is 0.390 e. The summed E-state index contributed by atoms with van der Waals surface area (Å²) in [7, 11) is 0. The Hall–Kier alpha value is -0.870. The normalized spacial score (nSPS) is 17.4. The van der Waals surface area contributed by atoms with Gasteiger partial charge in [-0.1, -0.05) is 12.8 Å². The minimum atomic E-state index is 0.0451. The smallest absolute Gasteiger partial charge is 0.0949 e. The molecule has 0 spiro atoms. The molecule has 1 saturated carbocycles. The molecule has 4 nitrogen and oxygen atoms in total. The van der Waals surface area contributed by atoms with Gasteiger partial charge in [0.1, 0.15) is 0 Å². The molecular weight excluding hydrogens is 192 g/mol. The lowest BCUT2D eigenvalue weighted by atomic mass is 10.3. The van der Waals surface area contributed by atoms with Crippen molar-refractivity contribution in [3.8, 4) is 0 Å². The first-order valence-corrected chi connectivity index (χ1v) is 5.61. The number of aliphatic hydroxyl groups excluding tert-OH is 1. The predicted molar refractivity (Wildman–Crippen MR) is 56.4 cm³/mol. The van der Waals surface area contributed by atoms with Gasteiger partial charge in [0.05, 0.1) is 37.5 Å². The lowest BCUT2D eigenvalue weighted by molar-refractivity contribution is 0.0522. The van der Waals surface area contributed by atoms with Gasteiger partial charge in [-0.15, -0.1) is 0 Å². The Morgan fingerprint density at radius 2 is 2.27 bits per heavy atom. The van der Waals surface area contributed by atoms with E-state index in [0.717, 1.165) is 12.2 Å². The van der Waals surface area contributed by atoms with Crippen molar-refractivity contribution in [1.82, 2.24) is 9.55 Å². The second kappa shape index (κ2) is 5.28. The van der Waals surface area contributed by atoms with Crippen LogP contribution in [0.3, 0.4) is 0 Å². The van der Waals surface area contributed by atoms with Crippen molar-refractivity contribution < 1.29 is 9.84 Å². The Kier molecular flexibility index (Phi) is 3.75. The Morgan fingerprint density at radius 1 is 1.47 bits per heavy atom. The molecule has 1 N–H and O–H groups in total. The van der Waals surface area contributed by atoms with E-state index in [2.05, 4.69) is 4.98 Å². The molecule has 0 bridgehead atoms. The number of hydrogen-bond donors (Lipinski definition) is 1. The fourth-order valence-corrected chi connectivity index (χ4v) is 2.05. The molecule has 0 aliphatic heterocycles. The van der Waals surface area contributed by atoms with E-state index >= 15 is 0 Å². The van der Waals surface area contributed by atoms with E-state index in [1.165, 1.54) is 25.7 Å². The van der Waals surface area contributed by atoms with Gasteiger partial charge in [-0.05, 0) is 12.8 Å². The minimum absolute atomic E-state index is 0.0451. The average molecular weight is 210 g/mol. The minimum Gasteiger partial charge on any atom is -0.390 e. The Bertz CT molecular complexity index is 293. The van der Waals surface area contributed by atoms with Crippen LogP contribution in [0.1, 0.15) is 31.4 Å². The number of hydrogen-bond acceptors (Lipinski definition) is 3. The van der Waals surface area contributed by atoms with Crippen molar-refractivity contribution in [2.45, 2.75) is 44.9 Å². The molecule has 0 saturated heterocycles. The zero-order valence-electron chi connectivity index (χ0n) is 8.93. The number of aromatic nitrogens is 2. The standard InChI is InChI=1S/C11H18N2O2/c14-8-10-7-12-9-13(10)5-6-15-11-3-1-2-4-11/h7,9,11,14H,1-6,8H2. The summed E-state index contributed by atoms with van der Waals surface area (Å²) >= 11 is 0. The fraction of sp³-hybridized carbons (Fsp3) is 0.727. The lowest BCUT2D eigenvalue weighted by Crippen LogP contribution is -2.14. The zero-order chi connectivity index (χ0) is 10.5. The molecule has 15 heavy (non-hydrogen) atoms. The first kappa shape index (κ1) is 10.6. The summed E-state index contributed by atoms with van der Waals surface area (Å²) in [5.74, 6) is 0. The molecule has 1 fully saturated rings. The van der Waals surface area contributed by atoms with Gasteiger partial charge in [0.2, 0.25) is 0 Å². The van der Waals surface area contributed by atoms with E-state index in [9.17, 15) is 0 Å². The van der Waals surface area contributed by atoms with Crippen LogP contribution in [0.4, 0.5) is 0 Å². The maximum atomic E-state index is 9.02. The molecule has 0 amide bonds. The van der Waals surface area contributed by atoms with Crippen LogP contribution < -0.4 is 0 Å². The molecule has 0 unspecified atom stereocenters. The van der Waals surface area contributed by atoms with E-state index in [4.69, 9.17) is 9.84 Å². The molecule has 1 heterocycles. The topological polar surface area (TPSA) is 47.3 Å². The summed E-state index contributed by atoms with van der Waals surface area (Å²) in [6.45, 7) is 1.55. The van der Waals surface area contributed by atoms with Crippen molar-refractivity contribution in [2.24, 2.45) is 0 Å². The Labute approximate surface area is 89.9 Å². The average Bonchev–Trinajstić information content (AvgIpc) is 2.88. The van der Waals surface area contributed by atoms with Gasteiger partial charge in [-0.3, -0.25) is 0 Å². The molecule has 4 heteroatoms. The first-order valence-electron chi connectivity index (χ1n) is 5.61. The van der Waals surface area contributed by atoms with Crippen LogP contribution >= 0.6 is 0 Å². The number of imidazole rings is 1. The summed E-state index contributed by atoms with van der Waals surface area (Å²) in [6, 6.07) is 0. The van der Waals surface area contributed by atoms with E-state index < -0.39 is 0 Å². The lowest BCUT2D eigenvalue weighted by Gasteiger charge is -2.12. The number of ether oxygens (including phenoxy) is 1. The van der Waals surface area contributed by atoms with Crippen molar-refractivity contribution in [2.75, 3.05) is 6.61 Å². The quantitative estimate of drug-likeness (QED) is 0.797. The molecule has 2 rings (SSSR count). The van der Waals surface area contributed by atoms with Gasteiger partial charge in [0.25, 0.3) is 0 Å². The van der Waals surface area contributed by atoms with Crippen LogP contribution in [0.2, 0.25) is 0 Å². The number of nitrogens with zero attached hydrogens (tertiary/aromatic N) is 2. The van der Waals surface area contributed by atoms with Gasteiger partial charge < -0.3 is 14.4 Å². The third-order valence-corrected chi connectivity index (χ3v) is 2.95. The van der Waals surface area contributed by atoms with Crippen molar-refractivity contribution >= 4 is 0 Å².